The minimum absolute atomic E-state index is 0.151. The monoisotopic (exact) mass is 564 g/mol. The van der Waals surface area contributed by atoms with Gasteiger partial charge in [0.05, 0.1) is 27.2 Å². The summed E-state index contributed by atoms with van der Waals surface area (Å²) in [6, 6.07) is 14.2. The lowest BCUT2D eigenvalue weighted by Crippen LogP contribution is -2.41. The molecule has 0 fully saturated rings. The van der Waals surface area contributed by atoms with Crippen molar-refractivity contribution in [1.82, 2.24) is 5.32 Å². The van der Waals surface area contributed by atoms with Crippen LogP contribution in [-0.2, 0) is 33.8 Å². The van der Waals surface area contributed by atoms with E-state index in [1.54, 1.807) is 26.0 Å². The van der Waals surface area contributed by atoms with Gasteiger partial charge in [-0.05, 0) is 86.6 Å². The summed E-state index contributed by atoms with van der Waals surface area (Å²) in [5, 5.41) is 2.23. The van der Waals surface area contributed by atoms with Crippen molar-refractivity contribution in [3.63, 3.8) is 0 Å². The zero-order chi connectivity index (χ0) is 27.7. The molecule has 5 nitrogen and oxygen atoms in total. The number of anilines is 1. The van der Waals surface area contributed by atoms with Gasteiger partial charge in [0.1, 0.15) is 6.54 Å². The van der Waals surface area contributed by atoms with Gasteiger partial charge in [-0.15, -0.1) is 0 Å². The van der Waals surface area contributed by atoms with Gasteiger partial charge in [-0.25, -0.2) is 8.42 Å². The highest BCUT2D eigenvalue weighted by Gasteiger charge is 2.35. The Bertz CT molecular complexity index is 1440. The van der Waals surface area contributed by atoms with E-state index < -0.39 is 45.3 Å². The number of carbonyl (C=O) groups is 1. The van der Waals surface area contributed by atoms with Crippen molar-refractivity contribution in [1.29, 1.82) is 0 Å². The molecule has 0 spiro atoms. The quantitative estimate of drug-likeness (QED) is 0.351. The number of hydrogen-bond donors (Lipinski definition) is 1. The summed E-state index contributed by atoms with van der Waals surface area (Å²) in [5.41, 5.74) is 2.69. The van der Waals surface area contributed by atoms with Crippen LogP contribution in [0, 0.1) is 6.92 Å². The van der Waals surface area contributed by atoms with Crippen LogP contribution in [0.15, 0.2) is 65.6 Å². The van der Waals surface area contributed by atoms with Crippen LogP contribution in [0.1, 0.15) is 53.6 Å². The van der Waals surface area contributed by atoms with Gasteiger partial charge in [-0.2, -0.15) is 13.2 Å². The van der Waals surface area contributed by atoms with Gasteiger partial charge in [0, 0.05) is 0 Å². The van der Waals surface area contributed by atoms with E-state index in [4.69, 9.17) is 11.6 Å². The van der Waals surface area contributed by atoms with Gasteiger partial charge in [-0.3, -0.25) is 9.10 Å². The van der Waals surface area contributed by atoms with Gasteiger partial charge >= 0.3 is 6.18 Å². The summed E-state index contributed by atoms with van der Waals surface area (Å²) >= 11 is 5.76. The standard InChI is InChI=1S/C28H28ClF3N2O3S/c1-18-7-12-24(13-8-18)38(36,37)34(23-11-14-26(29)25(16-23)28(30,31)32)17-27(35)33-19(2)21-10-9-20-5-3-4-6-22(20)15-21/h7-16,19H,3-6,17H2,1-2H3,(H,33,35). The largest absolute Gasteiger partial charge is 0.417 e. The zero-order valence-corrected chi connectivity index (χ0v) is 22.6. The molecule has 4 rings (SSSR count). The lowest BCUT2D eigenvalue weighted by molar-refractivity contribution is -0.137. The smallest absolute Gasteiger partial charge is 0.348 e. The maximum Gasteiger partial charge on any atom is 0.417 e. The van der Waals surface area contributed by atoms with E-state index >= 15 is 0 Å². The molecule has 0 saturated heterocycles. The maximum atomic E-state index is 13.6. The number of nitrogens with one attached hydrogen (secondary N) is 1. The highest BCUT2D eigenvalue weighted by Crippen LogP contribution is 2.38. The number of sulfonamides is 1. The summed E-state index contributed by atoms with van der Waals surface area (Å²) in [6.45, 7) is 2.84. The first-order chi connectivity index (χ1) is 17.9. The molecule has 0 bridgehead atoms. The Morgan fingerprint density at radius 2 is 1.66 bits per heavy atom. The lowest BCUT2D eigenvalue weighted by Gasteiger charge is -2.26. The minimum Gasteiger partial charge on any atom is -0.348 e. The Balaban J connectivity index is 1.65. The number of nitrogens with zero attached hydrogens (tertiary/aromatic N) is 1. The first kappa shape index (κ1) is 28.0. The molecule has 1 atom stereocenters. The van der Waals surface area contributed by atoms with Crippen molar-refractivity contribution in [3.05, 3.63) is 93.5 Å². The number of carbonyl (C=O) groups excluding carboxylic acids is 1. The molecule has 3 aromatic carbocycles. The van der Waals surface area contributed by atoms with Crippen LogP contribution in [0.5, 0.6) is 0 Å². The molecule has 1 N–H and O–H groups in total. The van der Waals surface area contributed by atoms with Crippen LogP contribution in [0.25, 0.3) is 0 Å². The van der Waals surface area contributed by atoms with Gasteiger partial charge in [0.2, 0.25) is 5.91 Å². The molecule has 1 aliphatic rings. The highest BCUT2D eigenvalue weighted by molar-refractivity contribution is 7.92. The Morgan fingerprint density at radius 1 is 1.00 bits per heavy atom. The van der Waals surface area contributed by atoms with Gasteiger partial charge in [0.15, 0.2) is 0 Å². The van der Waals surface area contributed by atoms with E-state index in [1.807, 2.05) is 12.1 Å². The van der Waals surface area contributed by atoms with E-state index in [1.165, 1.54) is 23.3 Å². The molecular weight excluding hydrogens is 537 g/mol. The van der Waals surface area contributed by atoms with Crippen molar-refractivity contribution in [2.45, 2.75) is 56.6 Å². The summed E-state index contributed by atoms with van der Waals surface area (Å²) in [4.78, 5) is 13.0. The maximum absolute atomic E-state index is 13.6. The van der Waals surface area contributed by atoms with Crippen LogP contribution in [-0.4, -0.2) is 20.9 Å². The predicted molar refractivity (Wildman–Crippen MR) is 142 cm³/mol. The Kier molecular flexibility index (Phi) is 8.09. The fourth-order valence-corrected chi connectivity index (χ4v) is 6.20. The third kappa shape index (κ3) is 6.15. The predicted octanol–water partition coefficient (Wildman–Crippen LogP) is 6.62. The number of benzene rings is 3. The Labute approximate surface area is 225 Å². The molecule has 0 heterocycles. The second-order valence-electron chi connectivity index (χ2n) is 9.51. The second-order valence-corrected chi connectivity index (χ2v) is 11.8. The van der Waals surface area contributed by atoms with E-state index in [0.717, 1.165) is 48.9 Å². The summed E-state index contributed by atoms with van der Waals surface area (Å²) in [7, 11) is -4.39. The third-order valence-corrected chi connectivity index (χ3v) is 8.81. The lowest BCUT2D eigenvalue weighted by atomic mass is 9.89. The normalized spacial score (nSPS) is 14.5. The van der Waals surface area contributed by atoms with E-state index in [-0.39, 0.29) is 10.6 Å². The molecule has 0 aliphatic heterocycles. The van der Waals surface area contributed by atoms with Gasteiger partial charge < -0.3 is 5.32 Å². The minimum atomic E-state index is -4.81. The zero-order valence-electron chi connectivity index (χ0n) is 21.0. The molecule has 1 aliphatic carbocycles. The third-order valence-electron chi connectivity index (χ3n) is 6.69. The van der Waals surface area contributed by atoms with Crippen molar-refractivity contribution >= 4 is 33.2 Å². The molecule has 0 saturated carbocycles. The van der Waals surface area contributed by atoms with Crippen molar-refractivity contribution < 1.29 is 26.4 Å². The van der Waals surface area contributed by atoms with Crippen LogP contribution in [0.3, 0.4) is 0 Å². The number of fused-ring (bicyclic) bond motifs is 1. The molecule has 3 aromatic rings. The second kappa shape index (κ2) is 11.0. The summed E-state index contributed by atoms with van der Waals surface area (Å²) in [5.74, 6) is -0.658. The molecule has 0 radical (unpaired) electrons. The SMILES string of the molecule is Cc1ccc(S(=O)(=O)N(CC(=O)NC(C)c2ccc3c(c2)CCCC3)c2ccc(Cl)c(C(F)(F)F)c2)cc1. The first-order valence-electron chi connectivity index (χ1n) is 12.2. The van der Waals surface area contributed by atoms with Crippen molar-refractivity contribution in [3.8, 4) is 0 Å². The average molecular weight is 565 g/mol. The van der Waals surface area contributed by atoms with E-state index in [2.05, 4.69) is 11.4 Å². The number of alkyl halides is 3. The first-order valence-corrected chi connectivity index (χ1v) is 14.1. The van der Waals surface area contributed by atoms with Crippen LogP contribution < -0.4 is 9.62 Å². The molecular formula is C28H28ClF3N2O3S. The van der Waals surface area contributed by atoms with Crippen LogP contribution in [0.2, 0.25) is 5.02 Å². The van der Waals surface area contributed by atoms with Crippen LogP contribution in [0.4, 0.5) is 18.9 Å². The van der Waals surface area contributed by atoms with E-state index in [0.29, 0.717) is 10.4 Å². The molecule has 1 unspecified atom stereocenters. The molecule has 0 aromatic heterocycles. The molecule has 10 heteroatoms. The summed E-state index contributed by atoms with van der Waals surface area (Å²) in [6.07, 6.45) is -0.585. The number of rotatable bonds is 7. The van der Waals surface area contributed by atoms with Crippen molar-refractivity contribution in [2.75, 3.05) is 10.8 Å². The van der Waals surface area contributed by atoms with Gasteiger partial charge in [0.25, 0.3) is 10.0 Å². The molecule has 202 valence electrons. The van der Waals surface area contributed by atoms with Crippen molar-refractivity contribution in [2.24, 2.45) is 0 Å². The number of halogens is 4. The van der Waals surface area contributed by atoms with E-state index in [9.17, 15) is 26.4 Å². The topological polar surface area (TPSA) is 66.5 Å². The summed E-state index contributed by atoms with van der Waals surface area (Å²) < 4.78 is 68.5. The van der Waals surface area contributed by atoms with Crippen LogP contribution >= 0.6 is 11.6 Å². The molecule has 1 amide bonds. The Morgan fingerprint density at radius 3 is 2.32 bits per heavy atom. The number of hydrogen-bond acceptors (Lipinski definition) is 3. The number of aryl methyl sites for hydroxylation is 3. The van der Waals surface area contributed by atoms with Gasteiger partial charge in [-0.1, -0.05) is 47.5 Å². The Hall–Kier alpha value is -3.04. The fraction of sp³-hybridized carbons (Fsp3) is 0.321. The average Bonchev–Trinajstić information content (AvgIpc) is 2.87. The fourth-order valence-electron chi connectivity index (χ4n) is 4.56. The highest BCUT2D eigenvalue weighted by atomic mass is 35.5. The number of amides is 1. The molecule has 38 heavy (non-hydrogen) atoms.